The van der Waals surface area contributed by atoms with Crippen molar-refractivity contribution in [3.8, 4) is 11.8 Å². The fourth-order valence-corrected chi connectivity index (χ4v) is 6.42. The fourth-order valence-electron chi connectivity index (χ4n) is 6.42. The Kier molecular flexibility index (Phi) is 10.6. The Morgan fingerprint density at radius 3 is 2.45 bits per heavy atom. The first-order chi connectivity index (χ1) is 23.7. The van der Waals surface area contributed by atoms with Crippen LogP contribution < -0.4 is 20.3 Å². The number of nitrogens with one attached hydrogen (secondary N) is 2. The maximum absolute atomic E-state index is 15.2. The molecule has 0 saturated carbocycles. The van der Waals surface area contributed by atoms with Gasteiger partial charge in [0.1, 0.15) is 24.0 Å². The van der Waals surface area contributed by atoms with Crippen LogP contribution in [0.5, 0.6) is 5.75 Å². The molecule has 4 aliphatic rings. The lowest BCUT2D eigenvalue weighted by Gasteiger charge is -2.43. The van der Waals surface area contributed by atoms with Gasteiger partial charge in [-0.1, -0.05) is 0 Å². The number of nitriles is 1. The van der Waals surface area contributed by atoms with Crippen LogP contribution in [0.25, 0.3) is 5.70 Å². The van der Waals surface area contributed by atoms with Crippen molar-refractivity contribution in [2.24, 2.45) is 9.98 Å². The summed E-state index contributed by atoms with van der Waals surface area (Å²) < 4.78 is 26.5. The maximum Gasteiger partial charge on any atom is 0.245 e. The Morgan fingerprint density at radius 2 is 1.86 bits per heavy atom. The summed E-state index contributed by atoms with van der Waals surface area (Å²) in [6.45, 7) is 11.6. The van der Waals surface area contributed by atoms with Gasteiger partial charge >= 0.3 is 0 Å². The van der Waals surface area contributed by atoms with Gasteiger partial charge in [0.15, 0.2) is 6.17 Å². The van der Waals surface area contributed by atoms with Gasteiger partial charge in [-0.15, -0.1) is 0 Å². The average Bonchev–Trinajstić information content (AvgIpc) is 3.06. The van der Waals surface area contributed by atoms with Gasteiger partial charge in [0, 0.05) is 62.3 Å². The van der Waals surface area contributed by atoms with E-state index in [-0.39, 0.29) is 42.5 Å². The van der Waals surface area contributed by atoms with Gasteiger partial charge in [0.25, 0.3) is 0 Å². The Hall–Kier alpha value is -4.80. The minimum absolute atomic E-state index is 0.128. The number of benzene rings is 2. The van der Waals surface area contributed by atoms with Crippen molar-refractivity contribution in [3.63, 3.8) is 0 Å². The maximum atomic E-state index is 15.2. The molecule has 12 nitrogen and oxygen atoms in total. The Labute approximate surface area is 286 Å². The molecule has 2 unspecified atom stereocenters. The molecule has 49 heavy (non-hydrogen) atoms. The molecule has 0 spiro atoms. The average molecular weight is 671 g/mol. The highest BCUT2D eigenvalue weighted by atomic mass is 19.1. The lowest BCUT2D eigenvalue weighted by molar-refractivity contribution is -0.146. The van der Waals surface area contributed by atoms with Crippen molar-refractivity contribution < 1.29 is 23.5 Å². The summed E-state index contributed by atoms with van der Waals surface area (Å²) in [5, 5.41) is 15.9. The number of carbonyl (C=O) groups is 2. The van der Waals surface area contributed by atoms with Crippen molar-refractivity contribution in [2.75, 3.05) is 62.7 Å². The second kappa shape index (κ2) is 15.2. The van der Waals surface area contributed by atoms with E-state index in [1.54, 1.807) is 24.4 Å². The van der Waals surface area contributed by atoms with Crippen LogP contribution in [0.2, 0.25) is 0 Å². The zero-order valence-electron chi connectivity index (χ0n) is 28.2. The summed E-state index contributed by atoms with van der Waals surface area (Å²) >= 11 is 0. The fraction of sp³-hybridized carbons (Fsp3) is 0.472. The van der Waals surface area contributed by atoms with Crippen LogP contribution in [0.4, 0.5) is 15.8 Å². The first-order valence-electron chi connectivity index (χ1n) is 16.8. The van der Waals surface area contributed by atoms with Crippen LogP contribution >= 0.6 is 0 Å². The third-order valence-electron chi connectivity index (χ3n) is 9.35. The smallest absolute Gasteiger partial charge is 0.245 e. The van der Waals surface area contributed by atoms with Crippen LogP contribution in [0.15, 0.2) is 58.0 Å². The number of nitrogens with zero attached hydrogens (tertiary/aromatic N) is 6. The number of guanidine groups is 1. The van der Waals surface area contributed by atoms with Gasteiger partial charge in [-0.2, -0.15) is 5.26 Å². The monoisotopic (exact) mass is 670 g/mol. The standard InChI is InChI=1S/C36H43FN8O4/c1-4-39-36(40-26-6-8-27(9-7-26)43-13-15-44(16-14-43)28-21-48-22-28)42-34(23(2)3)24-5-10-31(25(17-24)19-38)49-32-11-12-45(20-29(32)37)35(47)30-18-33(46)41-30/h4-10,17,28-30,32H,11-16,18,20-22H2,1-3H3,(H,40,42)(H,41,46)/t29?,30-,32?/m0/s1. The summed E-state index contributed by atoms with van der Waals surface area (Å²) in [4.78, 5) is 39.4. The molecular weight excluding hydrogens is 627 g/mol. The van der Waals surface area contributed by atoms with Crippen molar-refractivity contribution in [1.29, 1.82) is 5.26 Å². The summed E-state index contributed by atoms with van der Waals surface area (Å²) in [6, 6.07) is 15.6. The molecule has 2 aromatic rings. The molecule has 6 rings (SSSR count). The number of aliphatic imine (C=N–C) groups is 2. The number of likely N-dealkylation sites (tertiary alicyclic amines) is 1. The number of hydrogen-bond acceptors (Lipinski definition) is 8. The number of piperidine rings is 1. The highest BCUT2D eigenvalue weighted by molar-refractivity contribution is 6.01. The second-order valence-electron chi connectivity index (χ2n) is 12.9. The highest BCUT2D eigenvalue weighted by Gasteiger charge is 2.39. The van der Waals surface area contributed by atoms with E-state index in [1.165, 1.54) is 10.6 Å². The SMILES string of the molecule is CC=NC(=NC(=C(C)C)c1ccc(OC2CCN(C(=O)[C@@H]3CC(=O)N3)CC2F)c(C#N)c1)Nc1ccc(N2CCN(C3COC3)CC2)cc1. The summed E-state index contributed by atoms with van der Waals surface area (Å²) in [7, 11) is 0. The van der Waals surface area contributed by atoms with Crippen molar-refractivity contribution >= 4 is 41.1 Å². The molecule has 13 heteroatoms. The number of halogens is 1. The second-order valence-corrected chi connectivity index (χ2v) is 12.9. The molecule has 0 aliphatic carbocycles. The predicted molar refractivity (Wildman–Crippen MR) is 187 cm³/mol. The molecule has 4 fully saturated rings. The van der Waals surface area contributed by atoms with Gasteiger partial charge in [-0.3, -0.25) is 14.5 Å². The largest absolute Gasteiger partial charge is 0.486 e. The minimum Gasteiger partial charge on any atom is -0.486 e. The summed E-state index contributed by atoms with van der Waals surface area (Å²) in [5.41, 5.74) is 4.51. The number of allylic oxidation sites excluding steroid dienone is 1. The number of amides is 2. The van der Waals surface area contributed by atoms with E-state index in [9.17, 15) is 14.9 Å². The van der Waals surface area contributed by atoms with E-state index in [1.807, 2.05) is 32.9 Å². The molecular formula is C36H43FN8O4. The number of β-lactam (4-membered cyclic amide) rings is 1. The molecule has 2 N–H and O–H groups in total. The van der Waals surface area contributed by atoms with Crippen LogP contribution in [0.1, 0.15) is 44.7 Å². The van der Waals surface area contributed by atoms with Crippen LogP contribution in [0.3, 0.4) is 0 Å². The van der Waals surface area contributed by atoms with E-state index in [4.69, 9.17) is 14.5 Å². The zero-order valence-corrected chi connectivity index (χ0v) is 28.2. The van der Waals surface area contributed by atoms with E-state index in [2.05, 4.69) is 43.6 Å². The molecule has 4 saturated heterocycles. The van der Waals surface area contributed by atoms with Gasteiger partial charge in [0.2, 0.25) is 17.8 Å². The molecule has 0 bridgehead atoms. The molecule has 2 amide bonds. The zero-order chi connectivity index (χ0) is 34.5. The summed E-state index contributed by atoms with van der Waals surface area (Å²) in [6.07, 6.45) is -0.187. The van der Waals surface area contributed by atoms with E-state index < -0.39 is 18.3 Å². The van der Waals surface area contributed by atoms with Crippen molar-refractivity contribution in [2.45, 2.75) is 58.0 Å². The van der Waals surface area contributed by atoms with E-state index in [0.29, 0.717) is 29.8 Å². The third-order valence-corrected chi connectivity index (χ3v) is 9.35. The Bertz CT molecular complexity index is 1660. The van der Waals surface area contributed by atoms with E-state index in [0.717, 1.165) is 50.7 Å². The third kappa shape index (κ3) is 7.92. The number of alkyl halides is 1. The van der Waals surface area contributed by atoms with Gasteiger partial charge in [0.05, 0.1) is 43.5 Å². The molecule has 258 valence electrons. The molecule has 4 aliphatic heterocycles. The van der Waals surface area contributed by atoms with Gasteiger partial charge in [-0.05, 0) is 68.8 Å². The van der Waals surface area contributed by atoms with E-state index >= 15 is 4.39 Å². The first-order valence-corrected chi connectivity index (χ1v) is 16.8. The molecule has 0 aromatic heterocycles. The number of anilines is 2. The number of rotatable bonds is 8. The Balaban J connectivity index is 1.10. The quantitative estimate of drug-likeness (QED) is 0.247. The lowest BCUT2D eigenvalue weighted by atomic mass is 10.0. The van der Waals surface area contributed by atoms with Crippen molar-refractivity contribution in [3.05, 3.63) is 59.2 Å². The molecule has 4 heterocycles. The minimum atomic E-state index is -1.44. The summed E-state index contributed by atoms with van der Waals surface area (Å²) in [5.74, 6) is 0.203. The van der Waals surface area contributed by atoms with Crippen LogP contribution in [-0.4, -0.2) is 111 Å². The predicted octanol–water partition coefficient (Wildman–Crippen LogP) is 3.60. The number of hydrogen-bond donors (Lipinski definition) is 2. The van der Waals surface area contributed by atoms with Gasteiger partial charge < -0.3 is 29.9 Å². The highest BCUT2D eigenvalue weighted by Crippen LogP contribution is 2.30. The first kappa shape index (κ1) is 34.1. The Morgan fingerprint density at radius 1 is 1.12 bits per heavy atom. The molecule has 3 atom stereocenters. The van der Waals surface area contributed by atoms with Crippen LogP contribution in [-0.2, 0) is 14.3 Å². The molecule has 2 aromatic carbocycles. The van der Waals surface area contributed by atoms with Gasteiger partial charge in [-0.25, -0.2) is 14.4 Å². The lowest BCUT2D eigenvalue weighted by Crippen LogP contribution is -2.60. The molecule has 0 radical (unpaired) electrons. The van der Waals surface area contributed by atoms with Crippen molar-refractivity contribution in [1.82, 2.24) is 15.1 Å². The number of ether oxygens (including phenoxy) is 2. The normalized spacial score (nSPS) is 23.3. The topological polar surface area (TPSA) is 135 Å². The van der Waals surface area contributed by atoms with Crippen LogP contribution in [0, 0.1) is 11.3 Å². The number of carbonyl (C=O) groups excluding carboxylic acids is 2. The number of piperazine rings is 1.